The highest BCUT2D eigenvalue weighted by Crippen LogP contribution is 2.35. The van der Waals surface area contributed by atoms with Crippen molar-refractivity contribution in [2.75, 3.05) is 25.2 Å². The number of halogens is 7. The number of ether oxygens (including phenoxy) is 2. The zero-order valence-corrected chi connectivity index (χ0v) is 20.3. The number of anilines is 1. The molecule has 1 aliphatic heterocycles. The minimum Gasteiger partial charge on any atom is -0.406 e. The molecule has 15 heteroatoms. The molecule has 3 atom stereocenters. The zero-order valence-electron chi connectivity index (χ0n) is 19.6. The van der Waals surface area contributed by atoms with Gasteiger partial charge in [0.05, 0.1) is 6.04 Å². The molecule has 1 fully saturated rings. The first kappa shape index (κ1) is 30.1. The fraction of sp³-hybridized carbons (Fsp3) is 0.455. The molecule has 1 N–H and O–H groups in total. The highest BCUT2D eigenvalue weighted by molar-refractivity contribution is 6.32. The number of alkyl halides is 7. The van der Waals surface area contributed by atoms with Crippen LogP contribution in [0.2, 0.25) is 0 Å². The molecule has 1 unspecified atom stereocenters. The third-order valence-corrected chi connectivity index (χ3v) is 5.53. The predicted molar refractivity (Wildman–Crippen MR) is 124 cm³/mol. The van der Waals surface area contributed by atoms with Crippen LogP contribution in [0, 0.1) is 0 Å². The molecule has 204 valence electrons. The van der Waals surface area contributed by atoms with Crippen LogP contribution in [-0.4, -0.2) is 74.5 Å². The largest absolute Gasteiger partial charge is 0.573 e. The molecule has 0 aliphatic carbocycles. The standard InChI is InChI=1S/C22H23ClF6N4O4/c1-20(13(10-30-2)11-31-3,19(35)32-16-8-9-36-12-21(16,25)26)33(18(34)17(23)24)14-4-6-15(7-5-14)37-22(27,28)29/h4-7,10-11,16-17H,2,8-9,12H2,1,3H3,(H,32,35)/b13-10+,31-11-/t16?,17-,20-/m0/s1. The van der Waals surface area contributed by atoms with E-state index in [0.717, 1.165) is 43.6 Å². The summed E-state index contributed by atoms with van der Waals surface area (Å²) in [5.41, 5.74) is -5.62. The van der Waals surface area contributed by atoms with E-state index in [9.17, 15) is 35.9 Å². The Balaban J connectivity index is 2.69. The van der Waals surface area contributed by atoms with Crippen molar-refractivity contribution in [2.45, 2.75) is 42.8 Å². The van der Waals surface area contributed by atoms with Crippen molar-refractivity contribution in [1.82, 2.24) is 5.32 Å². The van der Waals surface area contributed by atoms with Gasteiger partial charge in [-0.3, -0.25) is 24.5 Å². The average Bonchev–Trinajstić information content (AvgIpc) is 2.80. The molecule has 1 heterocycles. The molecule has 0 spiro atoms. The van der Waals surface area contributed by atoms with Gasteiger partial charge in [0.15, 0.2) is 5.54 Å². The van der Waals surface area contributed by atoms with Gasteiger partial charge in [-0.15, -0.1) is 13.2 Å². The number of nitrogens with one attached hydrogen (secondary N) is 1. The van der Waals surface area contributed by atoms with E-state index in [1.807, 2.05) is 0 Å². The summed E-state index contributed by atoms with van der Waals surface area (Å²) in [6.45, 7) is 3.28. The van der Waals surface area contributed by atoms with E-state index in [1.165, 1.54) is 7.05 Å². The zero-order chi connectivity index (χ0) is 28.0. The molecular formula is C22H23ClF6N4O4. The van der Waals surface area contributed by atoms with Crippen LogP contribution in [0.1, 0.15) is 13.3 Å². The molecule has 1 aromatic carbocycles. The van der Waals surface area contributed by atoms with Crippen LogP contribution in [0.15, 0.2) is 46.0 Å². The van der Waals surface area contributed by atoms with Gasteiger partial charge in [-0.05, 0) is 44.3 Å². The van der Waals surface area contributed by atoms with E-state index in [0.29, 0.717) is 4.90 Å². The molecule has 1 saturated heterocycles. The summed E-state index contributed by atoms with van der Waals surface area (Å²) in [5, 5.41) is 2.17. The van der Waals surface area contributed by atoms with Crippen LogP contribution < -0.4 is 15.0 Å². The number of benzene rings is 1. The lowest BCUT2D eigenvalue weighted by Gasteiger charge is -2.42. The van der Waals surface area contributed by atoms with Crippen LogP contribution in [-0.2, 0) is 14.3 Å². The molecular weight excluding hydrogens is 534 g/mol. The number of carbonyl (C=O) groups excluding carboxylic acids is 2. The predicted octanol–water partition coefficient (Wildman–Crippen LogP) is 4.04. The van der Waals surface area contributed by atoms with Gasteiger partial charge >= 0.3 is 6.36 Å². The van der Waals surface area contributed by atoms with E-state index in [4.69, 9.17) is 16.3 Å². The Hall–Kier alpha value is -3.13. The Labute approximate surface area is 213 Å². The molecule has 0 saturated carbocycles. The van der Waals surface area contributed by atoms with Gasteiger partial charge in [0.2, 0.25) is 0 Å². The summed E-state index contributed by atoms with van der Waals surface area (Å²) < 4.78 is 89.3. The average molecular weight is 557 g/mol. The van der Waals surface area contributed by atoms with E-state index in [1.54, 1.807) is 0 Å². The van der Waals surface area contributed by atoms with Crippen LogP contribution >= 0.6 is 11.6 Å². The maximum atomic E-state index is 14.4. The molecule has 37 heavy (non-hydrogen) atoms. The second kappa shape index (κ2) is 11.9. The molecule has 2 amide bonds. The minimum absolute atomic E-state index is 0.0951. The normalized spacial score (nSPS) is 20.6. The van der Waals surface area contributed by atoms with Crippen molar-refractivity contribution in [3.63, 3.8) is 0 Å². The maximum Gasteiger partial charge on any atom is 0.573 e. The quantitative estimate of drug-likeness (QED) is 0.282. The van der Waals surface area contributed by atoms with Gasteiger partial charge in [-0.1, -0.05) is 11.6 Å². The van der Waals surface area contributed by atoms with E-state index in [-0.39, 0.29) is 24.3 Å². The maximum absolute atomic E-state index is 14.4. The SMILES string of the molecule is C=N/C=C(\C=N/C)[C@@](C)(C(=O)NC1CCOCC1(F)F)N(C(=O)[C@H](F)Cl)c1ccc(OC(F)(F)F)cc1. The highest BCUT2D eigenvalue weighted by atomic mass is 35.5. The number of hydrogen-bond acceptors (Lipinski definition) is 6. The molecule has 2 rings (SSSR count). The Kier molecular flexibility index (Phi) is 9.72. The van der Waals surface area contributed by atoms with E-state index in [2.05, 4.69) is 26.8 Å². The van der Waals surface area contributed by atoms with Crippen molar-refractivity contribution >= 4 is 42.0 Å². The number of aliphatic imine (C=N–C) groups is 2. The summed E-state index contributed by atoms with van der Waals surface area (Å²) in [7, 11) is 1.29. The van der Waals surface area contributed by atoms with Crippen molar-refractivity contribution in [3.8, 4) is 5.75 Å². The Bertz CT molecular complexity index is 1050. The lowest BCUT2D eigenvalue weighted by molar-refractivity contribution is -0.274. The van der Waals surface area contributed by atoms with Crippen molar-refractivity contribution in [1.29, 1.82) is 0 Å². The van der Waals surface area contributed by atoms with Gasteiger partial charge in [0.1, 0.15) is 12.4 Å². The van der Waals surface area contributed by atoms with Gasteiger partial charge in [-0.25, -0.2) is 13.2 Å². The van der Waals surface area contributed by atoms with E-state index >= 15 is 0 Å². The number of carbonyl (C=O) groups is 2. The lowest BCUT2D eigenvalue weighted by Crippen LogP contribution is -2.65. The first-order chi connectivity index (χ1) is 17.2. The Morgan fingerprint density at radius 2 is 1.95 bits per heavy atom. The van der Waals surface area contributed by atoms with Gasteiger partial charge in [0, 0.05) is 37.3 Å². The molecule has 0 radical (unpaired) electrons. The van der Waals surface area contributed by atoms with Crippen molar-refractivity contribution in [3.05, 3.63) is 36.0 Å². The lowest BCUT2D eigenvalue weighted by atomic mass is 9.87. The highest BCUT2D eigenvalue weighted by Gasteiger charge is 2.51. The summed E-state index contributed by atoms with van der Waals surface area (Å²) in [6.07, 6.45) is -3.27. The number of hydrogen-bond donors (Lipinski definition) is 1. The third kappa shape index (κ3) is 7.22. The minimum atomic E-state index is -5.02. The van der Waals surface area contributed by atoms with Crippen LogP contribution in [0.3, 0.4) is 0 Å². The first-order valence-corrected chi connectivity index (χ1v) is 10.9. The smallest absolute Gasteiger partial charge is 0.406 e. The van der Waals surface area contributed by atoms with Gasteiger partial charge in [-0.2, -0.15) is 0 Å². The number of rotatable bonds is 9. The van der Waals surface area contributed by atoms with E-state index < -0.39 is 53.7 Å². The van der Waals surface area contributed by atoms with Crippen LogP contribution in [0.5, 0.6) is 5.75 Å². The number of amides is 2. The van der Waals surface area contributed by atoms with Crippen molar-refractivity contribution < 1.29 is 45.4 Å². The summed E-state index contributed by atoms with van der Waals surface area (Å²) in [5.74, 6) is -6.90. The fourth-order valence-corrected chi connectivity index (χ4v) is 3.68. The van der Waals surface area contributed by atoms with Gasteiger partial charge in [0.25, 0.3) is 23.4 Å². The first-order valence-electron chi connectivity index (χ1n) is 10.5. The molecule has 1 aromatic rings. The fourth-order valence-electron chi connectivity index (χ4n) is 3.58. The van der Waals surface area contributed by atoms with Gasteiger partial charge < -0.3 is 14.8 Å². The number of nitrogens with zero attached hydrogens (tertiary/aromatic N) is 3. The van der Waals surface area contributed by atoms with Crippen molar-refractivity contribution in [2.24, 2.45) is 9.98 Å². The third-order valence-electron chi connectivity index (χ3n) is 5.35. The summed E-state index contributed by atoms with van der Waals surface area (Å²) >= 11 is 5.41. The molecule has 0 bridgehead atoms. The summed E-state index contributed by atoms with van der Waals surface area (Å²) in [6, 6.07) is 1.74. The van der Waals surface area contributed by atoms with Crippen LogP contribution in [0.4, 0.5) is 32.0 Å². The Morgan fingerprint density at radius 3 is 2.43 bits per heavy atom. The summed E-state index contributed by atoms with van der Waals surface area (Å²) in [4.78, 5) is 34.4. The molecule has 0 aromatic heterocycles. The molecule has 8 nitrogen and oxygen atoms in total. The second-order valence-electron chi connectivity index (χ2n) is 7.87. The topological polar surface area (TPSA) is 92.6 Å². The Morgan fingerprint density at radius 1 is 1.32 bits per heavy atom. The monoisotopic (exact) mass is 556 g/mol. The molecule has 1 aliphatic rings. The van der Waals surface area contributed by atoms with Crippen LogP contribution in [0.25, 0.3) is 0 Å². The second-order valence-corrected chi connectivity index (χ2v) is 8.25.